The van der Waals surface area contributed by atoms with Crippen LogP contribution < -0.4 is 10.1 Å². The summed E-state index contributed by atoms with van der Waals surface area (Å²) in [5, 5.41) is 11.6. The number of nitrogens with one attached hydrogen (secondary N) is 1. The van der Waals surface area contributed by atoms with E-state index in [1.807, 2.05) is 60.7 Å². The Morgan fingerprint density at radius 2 is 1.59 bits per heavy atom. The Morgan fingerprint density at radius 1 is 0.931 bits per heavy atom. The molecule has 0 aliphatic rings. The molecule has 3 rings (SSSR count). The summed E-state index contributed by atoms with van der Waals surface area (Å²) in [5.74, 6) is 0.621. The van der Waals surface area contributed by atoms with Gasteiger partial charge in [0, 0.05) is 30.5 Å². The number of nitrogens with zero attached hydrogens (tertiary/aromatic N) is 1. The first-order valence-corrected chi connectivity index (χ1v) is 9.76. The molecule has 0 fully saturated rings. The molecule has 3 aromatic rings. The second-order valence-corrected chi connectivity index (χ2v) is 6.76. The molecule has 4 heteroatoms. The number of hydrogen-bond acceptors (Lipinski definition) is 3. The molecule has 1 amide bonds. The largest absolute Gasteiger partial charge is 0.493 e. The maximum atomic E-state index is 12.8. The zero-order valence-corrected chi connectivity index (χ0v) is 16.3. The molecule has 0 aliphatic heterocycles. The molecule has 0 atom stereocenters. The van der Waals surface area contributed by atoms with Crippen molar-refractivity contribution in [3.05, 3.63) is 96.1 Å². The smallest absolute Gasteiger partial charge is 0.225 e. The number of hydrogen-bond donors (Lipinski definition) is 1. The summed E-state index contributed by atoms with van der Waals surface area (Å²) in [6.07, 6.45) is 1.50. The molecule has 4 nitrogen and oxygen atoms in total. The van der Waals surface area contributed by atoms with E-state index in [-0.39, 0.29) is 11.8 Å². The number of benzene rings is 3. The zero-order chi connectivity index (χ0) is 20.3. The number of ether oxygens (including phenoxy) is 1. The van der Waals surface area contributed by atoms with Crippen LogP contribution in [-0.4, -0.2) is 12.5 Å². The summed E-state index contributed by atoms with van der Waals surface area (Å²) in [7, 11) is 0. The van der Waals surface area contributed by atoms with Gasteiger partial charge in [0.2, 0.25) is 5.91 Å². The van der Waals surface area contributed by atoms with E-state index in [0.29, 0.717) is 37.3 Å². The van der Waals surface area contributed by atoms with Crippen molar-refractivity contribution < 1.29 is 9.53 Å². The van der Waals surface area contributed by atoms with Crippen LogP contribution in [0.15, 0.2) is 84.9 Å². The number of carbonyl (C=O) groups is 1. The normalized spacial score (nSPS) is 10.3. The van der Waals surface area contributed by atoms with Crippen LogP contribution in [0.3, 0.4) is 0 Å². The first-order chi connectivity index (χ1) is 14.3. The van der Waals surface area contributed by atoms with Gasteiger partial charge in [0.05, 0.1) is 12.7 Å². The van der Waals surface area contributed by atoms with E-state index < -0.39 is 0 Å². The first-order valence-electron chi connectivity index (χ1n) is 9.76. The van der Waals surface area contributed by atoms with E-state index in [2.05, 4.69) is 35.7 Å². The second kappa shape index (κ2) is 10.7. The van der Waals surface area contributed by atoms with Crippen molar-refractivity contribution in [1.82, 2.24) is 0 Å². The molecule has 0 radical (unpaired) electrons. The lowest BCUT2D eigenvalue weighted by Gasteiger charge is -2.18. The molecule has 146 valence electrons. The lowest BCUT2D eigenvalue weighted by molar-refractivity contribution is -0.116. The molecule has 0 saturated carbocycles. The van der Waals surface area contributed by atoms with Gasteiger partial charge in [-0.1, -0.05) is 66.7 Å². The van der Waals surface area contributed by atoms with E-state index in [1.165, 1.54) is 0 Å². The Morgan fingerprint density at radius 3 is 2.21 bits per heavy atom. The number of rotatable bonds is 9. The zero-order valence-electron chi connectivity index (χ0n) is 16.3. The number of amides is 1. The lowest BCUT2D eigenvalue weighted by atomic mass is 9.88. The van der Waals surface area contributed by atoms with Crippen molar-refractivity contribution in [3.8, 4) is 11.8 Å². The van der Waals surface area contributed by atoms with Gasteiger partial charge >= 0.3 is 0 Å². The van der Waals surface area contributed by atoms with E-state index in [0.717, 1.165) is 11.1 Å². The van der Waals surface area contributed by atoms with Crippen LogP contribution in [0.4, 0.5) is 5.69 Å². The molecule has 3 aromatic carbocycles. The molecule has 0 saturated heterocycles. The highest BCUT2D eigenvalue weighted by Crippen LogP contribution is 2.28. The molecule has 0 aliphatic carbocycles. The Balaban J connectivity index is 1.67. The van der Waals surface area contributed by atoms with E-state index in [1.54, 1.807) is 0 Å². The van der Waals surface area contributed by atoms with Gasteiger partial charge in [0.25, 0.3) is 0 Å². The van der Waals surface area contributed by atoms with Gasteiger partial charge in [-0.3, -0.25) is 4.79 Å². The molecular formula is C25H24N2O2. The molecule has 1 N–H and O–H groups in total. The van der Waals surface area contributed by atoms with E-state index >= 15 is 0 Å². The number of unbranched alkanes of at least 4 members (excludes halogenated alkanes) is 1. The van der Waals surface area contributed by atoms with Crippen molar-refractivity contribution in [1.29, 1.82) is 5.26 Å². The van der Waals surface area contributed by atoms with Crippen LogP contribution in [0.5, 0.6) is 5.75 Å². The highest BCUT2D eigenvalue weighted by molar-refractivity contribution is 5.91. The third-order valence-corrected chi connectivity index (χ3v) is 4.61. The second-order valence-electron chi connectivity index (χ2n) is 6.76. The minimum absolute atomic E-state index is 0.0113. The molecular weight excluding hydrogens is 360 g/mol. The first kappa shape index (κ1) is 20.2. The summed E-state index contributed by atoms with van der Waals surface area (Å²) in [5.41, 5.74) is 2.93. The van der Waals surface area contributed by atoms with Crippen LogP contribution >= 0.6 is 0 Å². The van der Waals surface area contributed by atoms with Gasteiger partial charge in [0.1, 0.15) is 5.75 Å². The number of carbonyl (C=O) groups excluding carboxylic acids is 1. The van der Waals surface area contributed by atoms with Crippen molar-refractivity contribution in [2.24, 2.45) is 0 Å². The van der Waals surface area contributed by atoms with Gasteiger partial charge < -0.3 is 10.1 Å². The summed E-state index contributed by atoms with van der Waals surface area (Å²) in [4.78, 5) is 12.8. The molecule has 0 bridgehead atoms. The van der Waals surface area contributed by atoms with Crippen molar-refractivity contribution >= 4 is 11.6 Å². The summed E-state index contributed by atoms with van der Waals surface area (Å²) in [6.45, 7) is 0.481. The average molecular weight is 384 g/mol. The van der Waals surface area contributed by atoms with Crippen molar-refractivity contribution in [2.75, 3.05) is 11.9 Å². The summed E-state index contributed by atoms with van der Waals surface area (Å²) < 4.78 is 5.65. The van der Waals surface area contributed by atoms with Crippen molar-refractivity contribution in [2.45, 2.75) is 25.2 Å². The highest BCUT2D eigenvalue weighted by Gasteiger charge is 2.18. The van der Waals surface area contributed by atoms with Crippen LogP contribution in [-0.2, 0) is 4.79 Å². The van der Waals surface area contributed by atoms with Crippen LogP contribution in [0, 0.1) is 11.3 Å². The molecule has 0 unspecified atom stereocenters. The van der Waals surface area contributed by atoms with Crippen LogP contribution in [0.25, 0.3) is 0 Å². The maximum absolute atomic E-state index is 12.8. The summed E-state index contributed by atoms with van der Waals surface area (Å²) in [6, 6.07) is 29.6. The molecule has 0 aromatic heterocycles. The van der Waals surface area contributed by atoms with Crippen molar-refractivity contribution in [3.63, 3.8) is 0 Å². The monoisotopic (exact) mass is 384 g/mol. The van der Waals surface area contributed by atoms with E-state index in [9.17, 15) is 4.79 Å². The topological polar surface area (TPSA) is 62.1 Å². The summed E-state index contributed by atoms with van der Waals surface area (Å²) >= 11 is 0. The Kier molecular flexibility index (Phi) is 7.42. The third kappa shape index (κ3) is 6.22. The fourth-order valence-electron chi connectivity index (χ4n) is 3.20. The fraction of sp³-hybridized carbons (Fsp3) is 0.200. The predicted octanol–water partition coefficient (Wildman–Crippen LogP) is 5.53. The average Bonchev–Trinajstić information content (AvgIpc) is 2.77. The minimum Gasteiger partial charge on any atom is -0.493 e. The Bertz CT molecular complexity index is 910. The van der Waals surface area contributed by atoms with E-state index in [4.69, 9.17) is 10.00 Å². The number of nitriles is 1. The number of anilines is 1. The standard InChI is InChI=1S/C25H24N2O2/c26-16-7-8-17-29-23-15-9-14-22(18-23)27-25(28)19-24(20-10-3-1-4-11-20)21-12-5-2-6-13-21/h1-6,9-15,18,24H,7-8,17,19H2,(H,27,28). The third-order valence-electron chi connectivity index (χ3n) is 4.61. The Labute approximate surface area is 171 Å². The maximum Gasteiger partial charge on any atom is 0.225 e. The lowest BCUT2D eigenvalue weighted by Crippen LogP contribution is -2.16. The van der Waals surface area contributed by atoms with Gasteiger partial charge in [-0.25, -0.2) is 0 Å². The quantitative estimate of drug-likeness (QED) is 0.493. The fourth-order valence-corrected chi connectivity index (χ4v) is 3.20. The van der Waals surface area contributed by atoms with Gasteiger partial charge in [-0.05, 0) is 29.7 Å². The van der Waals surface area contributed by atoms with Gasteiger partial charge in [-0.15, -0.1) is 0 Å². The van der Waals surface area contributed by atoms with Gasteiger partial charge in [-0.2, -0.15) is 5.26 Å². The van der Waals surface area contributed by atoms with Gasteiger partial charge in [0.15, 0.2) is 0 Å². The molecule has 0 heterocycles. The Hall–Kier alpha value is -3.58. The van der Waals surface area contributed by atoms with Crippen LogP contribution in [0.1, 0.15) is 36.3 Å². The van der Waals surface area contributed by atoms with Crippen LogP contribution in [0.2, 0.25) is 0 Å². The molecule has 29 heavy (non-hydrogen) atoms. The molecule has 0 spiro atoms. The highest BCUT2D eigenvalue weighted by atomic mass is 16.5. The SMILES string of the molecule is N#CCCCOc1cccc(NC(=O)CC(c2ccccc2)c2ccccc2)c1. The predicted molar refractivity (Wildman–Crippen MR) is 115 cm³/mol. The minimum atomic E-state index is -0.0515.